The van der Waals surface area contributed by atoms with E-state index in [4.69, 9.17) is 12.2 Å². The van der Waals surface area contributed by atoms with Crippen molar-refractivity contribution in [3.05, 3.63) is 76.8 Å². The third-order valence-electron chi connectivity index (χ3n) is 4.38. The molecule has 0 spiro atoms. The number of carbonyl (C=O) groups is 1. The average molecular weight is 379 g/mol. The molecule has 0 aliphatic rings. The number of hydrogen-bond acceptors (Lipinski definition) is 3. The van der Waals surface area contributed by atoms with E-state index < -0.39 is 5.97 Å². The van der Waals surface area contributed by atoms with E-state index in [1.807, 2.05) is 30.3 Å². The molecule has 1 N–H and O–H groups in total. The van der Waals surface area contributed by atoms with Crippen molar-refractivity contribution in [1.29, 1.82) is 0 Å². The quantitative estimate of drug-likeness (QED) is 0.529. The van der Waals surface area contributed by atoms with Crippen LogP contribution in [0.15, 0.2) is 60.7 Å². The van der Waals surface area contributed by atoms with Crippen molar-refractivity contribution >= 4 is 29.4 Å². The largest absolute Gasteiger partial charge is 0.478 e. The predicted molar refractivity (Wildman–Crippen MR) is 103 cm³/mol. The molecule has 2 aromatic carbocycles. The first-order chi connectivity index (χ1) is 13.0. The highest BCUT2D eigenvalue weighted by molar-refractivity contribution is 7.71. The Bertz CT molecular complexity index is 1230. The standard InChI is InChI=1S/C20H14FN3O2S/c1-23-17-15(19(25)26)11-16(12-7-9-13(21)10-8-12)22-18(17)24(20(23)27)14-5-3-2-4-6-14/h2-11H,1H3,(H,25,26). The molecule has 0 amide bonds. The highest BCUT2D eigenvalue weighted by atomic mass is 32.1. The Morgan fingerprint density at radius 1 is 1.11 bits per heavy atom. The van der Waals surface area contributed by atoms with Crippen LogP contribution in [0.1, 0.15) is 10.4 Å². The molecule has 5 nitrogen and oxygen atoms in total. The van der Waals surface area contributed by atoms with Crippen LogP contribution in [-0.2, 0) is 7.05 Å². The summed E-state index contributed by atoms with van der Waals surface area (Å²) < 4.78 is 17.1. The Labute approximate surface area is 159 Å². The molecule has 0 fully saturated rings. The van der Waals surface area contributed by atoms with Gasteiger partial charge in [0.2, 0.25) is 0 Å². The lowest BCUT2D eigenvalue weighted by Gasteiger charge is -2.07. The van der Waals surface area contributed by atoms with E-state index in [0.29, 0.717) is 27.2 Å². The molecule has 0 saturated heterocycles. The molecule has 134 valence electrons. The number of imidazole rings is 1. The monoisotopic (exact) mass is 379 g/mol. The molecule has 0 bridgehead atoms. The van der Waals surface area contributed by atoms with Crippen LogP contribution in [0.4, 0.5) is 4.39 Å². The smallest absolute Gasteiger partial charge is 0.338 e. The number of benzene rings is 2. The summed E-state index contributed by atoms with van der Waals surface area (Å²) in [6, 6.07) is 16.6. The van der Waals surface area contributed by atoms with Crippen LogP contribution in [0.3, 0.4) is 0 Å². The van der Waals surface area contributed by atoms with Crippen LogP contribution in [0.5, 0.6) is 0 Å². The van der Waals surface area contributed by atoms with Crippen molar-refractivity contribution in [1.82, 2.24) is 14.1 Å². The fourth-order valence-electron chi connectivity index (χ4n) is 3.09. The number of carboxylic acids is 1. The van der Waals surface area contributed by atoms with Gasteiger partial charge in [-0.25, -0.2) is 14.2 Å². The van der Waals surface area contributed by atoms with Gasteiger partial charge in [0.25, 0.3) is 0 Å². The van der Waals surface area contributed by atoms with Crippen molar-refractivity contribution in [2.75, 3.05) is 0 Å². The number of aromatic carboxylic acids is 1. The summed E-state index contributed by atoms with van der Waals surface area (Å²) in [6.07, 6.45) is 0. The van der Waals surface area contributed by atoms with Gasteiger partial charge in [-0.2, -0.15) is 0 Å². The van der Waals surface area contributed by atoms with Gasteiger partial charge in [-0.1, -0.05) is 18.2 Å². The molecule has 4 aromatic rings. The lowest BCUT2D eigenvalue weighted by atomic mass is 10.1. The number of aryl methyl sites for hydroxylation is 1. The minimum atomic E-state index is -1.08. The van der Waals surface area contributed by atoms with Crippen LogP contribution in [-0.4, -0.2) is 25.2 Å². The Kier molecular flexibility index (Phi) is 4.08. The lowest BCUT2D eigenvalue weighted by molar-refractivity contribution is 0.0698. The summed E-state index contributed by atoms with van der Waals surface area (Å²) in [5.41, 5.74) is 2.80. The van der Waals surface area contributed by atoms with E-state index in [2.05, 4.69) is 4.98 Å². The minimum absolute atomic E-state index is 0.0857. The highest BCUT2D eigenvalue weighted by Gasteiger charge is 2.20. The maximum Gasteiger partial charge on any atom is 0.338 e. The second-order valence-electron chi connectivity index (χ2n) is 6.05. The minimum Gasteiger partial charge on any atom is -0.478 e. The van der Waals surface area contributed by atoms with E-state index in [1.54, 1.807) is 28.3 Å². The molecule has 0 radical (unpaired) electrons. The zero-order chi connectivity index (χ0) is 19.1. The van der Waals surface area contributed by atoms with E-state index in [-0.39, 0.29) is 11.4 Å². The number of hydrogen-bond donors (Lipinski definition) is 1. The molecule has 0 unspecified atom stereocenters. The molecule has 2 aromatic heterocycles. The van der Waals surface area contributed by atoms with Crippen molar-refractivity contribution < 1.29 is 14.3 Å². The number of aromatic nitrogens is 3. The predicted octanol–water partition coefficient (Wildman–Crippen LogP) is 4.60. The summed E-state index contributed by atoms with van der Waals surface area (Å²) in [7, 11) is 1.72. The van der Waals surface area contributed by atoms with Crippen LogP contribution >= 0.6 is 12.2 Å². The zero-order valence-electron chi connectivity index (χ0n) is 14.3. The normalized spacial score (nSPS) is 11.0. The van der Waals surface area contributed by atoms with Crippen molar-refractivity contribution in [2.45, 2.75) is 0 Å². The Morgan fingerprint density at radius 2 is 1.78 bits per heavy atom. The summed E-state index contributed by atoms with van der Waals surface area (Å²) in [4.78, 5) is 16.6. The zero-order valence-corrected chi connectivity index (χ0v) is 15.1. The van der Waals surface area contributed by atoms with Gasteiger partial charge in [0.05, 0.1) is 11.3 Å². The van der Waals surface area contributed by atoms with Gasteiger partial charge in [0, 0.05) is 18.3 Å². The maximum atomic E-state index is 13.3. The van der Waals surface area contributed by atoms with Gasteiger partial charge in [0.1, 0.15) is 11.3 Å². The number of halogens is 1. The Hall–Kier alpha value is -3.32. The fraction of sp³-hybridized carbons (Fsp3) is 0.0500. The summed E-state index contributed by atoms with van der Waals surface area (Å²) in [6.45, 7) is 0. The maximum absolute atomic E-state index is 13.3. The molecular formula is C20H14FN3O2S. The number of rotatable bonds is 3. The summed E-state index contributed by atoms with van der Waals surface area (Å²) in [5.74, 6) is -1.45. The summed E-state index contributed by atoms with van der Waals surface area (Å²) in [5, 5.41) is 9.75. The van der Waals surface area contributed by atoms with Crippen LogP contribution in [0, 0.1) is 10.6 Å². The second kappa shape index (κ2) is 6.44. The topological polar surface area (TPSA) is 60.0 Å². The van der Waals surface area contributed by atoms with Gasteiger partial charge in [-0.05, 0) is 54.7 Å². The molecule has 0 aliphatic heterocycles. The van der Waals surface area contributed by atoms with Gasteiger partial charge < -0.3 is 9.67 Å². The van der Waals surface area contributed by atoms with E-state index >= 15 is 0 Å². The molecule has 4 rings (SSSR count). The molecule has 0 atom stereocenters. The first kappa shape index (κ1) is 17.1. The number of fused-ring (bicyclic) bond motifs is 1. The number of carboxylic acid groups (broad SMARTS) is 1. The molecule has 0 saturated carbocycles. The third kappa shape index (κ3) is 2.82. The van der Waals surface area contributed by atoms with Crippen LogP contribution in [0.25, 0.3) is 28.1 Å². The Morgan fingerprint density at radius 3 is 2.41 bits per heavy atom. The lowest BCUT2D eigenvalue weighted by Crippen LogP contribution is -2.03. The molecule has 2 heterocycles. The molecule has 0 aliphatic carbocycles. The van der Waals surface area contributed by atoms with Crippen LogP contribution in [0.2, 0.25) is 0 Å². The van der Waals surface area contributed by atoms with Crippen molar-refractivity contribution in [3.8, 4) is 16.9 Å². The van der Waals surface area contributed by atoms with Gasteiger partial charge in [-0.15, -0.1) is 0 Å². The fourth-order valence-corrected chi connectivity index (χ4v) is 3.37. The number of pyridine rings is 1. The van der Waals surface area contributed by atoms with E-state index in [9.17, 15) is 14.3 Å². The van der Waals surface area contributed by atoms with Gasteiger partial charge >= 0.3 is 5.97 Å². The Balaban J connectivity index is 2.11. The number of para-hydroxylation sites is 1. The molecular weight excluding hydrogens is 365 g/mol. The van der Waals surface area contributed by atoms with Gasteiger partial charge in [-0.3, -0.25) is 4.57 Å². The molecule has 7 heteroatoms. The van der Waals surface area contributed by atoms with Crippen LogP contribution < -0.4 is 0 Å². The second-order valence-corrected chi connectivity index (χ2v) is 6.42. The van der Waals surface area contributed by atoms with E-state index in [1.165, 1.54) is 18.2 Å². The average Bonchev–Trinajstić information content (AvgIpc) is 2.93. The highest BCUT2D eigenvalue weighted by Crippen LogP contribution is 2.28. The van der Waals surface area contributed by atoms with E-state index in [0.717, 1.165) is 5.69 Å². The van der Waals surface area contributed by atoms with Gasteiger partial charge in [0.15, 0.2) is 10.4 Å². The molecule has 27 heavy (non-hydrogen) atoms. The first-order valence-electron chi connectivity index (χ1n) is 8.14. The first-order valence-corrected chi connectivity index (χ1v) is 8.55. The van der Waals surface area contributed by atoms with Crippen molar-refractivity contribution in [3.63, 3.8) is 0 Å². The number of nitrogens with zero attached hydrogens (tertiary/aromatic N) is 3. The van der Waals surface area contributed by atoms with Crippen molar-refractivity contribution in [2.24, 2.45) is 7.05 Å². The third-order valence-corrected chi connectivity index (χ3v) is 4.84. The SMILES string of the molecule is Cn1c(=S)n(-c2ccccc2)c2nc(-c3ccc(F)cc3)cc(C(=O)O)c21. The summed E-state index contributed by atoms with van der Waals surface area (Å²) >= 11 is 5.54.